The summed E-state index contributed by atoms with van der Waals surface area (Å²) in [5.74, 6) is 0. The van der Waals surface area contributed by atoms with Crippen LogP contribution in [0.5, 0.6) is 0 Å². The number of benzene rings is 1. The van der Waals surface area contributed by atoms with E-state index in [1.165, 1.54) is 19.2 Å². The minimum atomic E-state index is -4.31. The molecule has 1 unspecified atom stereocenters. The monoisotopic (exact) mass is 240 g/mol. The molecule has 0 aliphatic heterocycles. The molecule has 1 atom stereocenters. The van der Waals surface area contributed by atoms with E-state index in [2.05, 4.69) is 10.3 Å². The van der Waals surface area contributed by atoms with Crippen molar-refractivity contribution in [2.45, 2.75) is 12.2 Å². The third-order valence-corrected chi connectivity index (χ3v) is 2.58. The minimum absolute atomic E-state index is 0.172. The van der Waals surface area contributed by atoms with Gasteiger partial charge in [0.1, 0.15) is 6.04 Å². The van der Waals surface area contributed by atoms with E-state index in [-0.39, 0.29) is 5.56 Å². The summed E-state index contributed by atoms with van der Waals surface area (Å²) in [6.45, 7) is 0. The fourth-order valence-corrected chi connectivity index (χ4v) is 1.78. The van der Waals surface area contributed by atoms with E-state index in [1.807, 2.05) is 6.07 Å². The molecule has 1 N–H and O–H groups in total. The van der Waals surface area contributed by atoms with Crippen molar-refractivity contribution in [2.24, 2.45) is 0 Å². The normalized spacial score (nSPS) is 13.9. The number of nitrogens with zero attached hydrogens (tertiary/aromatic N) is 1. The quantitative estimate of drug-likeness (QED) is 0.872. The molecule has 1 heterocycles. The van der Waals surface area contributed by atoms with Gasteiger partial charge in [0, 0.05) is 11.6 Å². The van der Waals surface area contributed by atoms with E-state index >= 15 is 0 Å². The molecule has 5 heteroatoms. The summed E-state index contributed by atoms with van der Waals surface area (Å²) in [6, 6.07) is 6.49. The third kappa shape index (κ3) is 2.39. The van der Waals surface area contributed by atoms with E-state index < -0.39 is 12.2 Å². The largest absolute Gasteiger partial charge is 0.407 e. The van der Waals surface area contributed by atoms with Crippen molar-refractivity contribution in [1.82, 2.24) is 10.3 Å². The van der Waals surface area contributed by atoms with Gasteiger partial charge in [-0.3, -0.25) is 4.98 Å². The predicted molar refractivity (Wildman–Crippen MR) is 59.6 cm³/mol. The second kappa shape index (κ2) is 4.33. The van der Waals surface area contributed by atoms with Gasteiger partial charge in [-0.25, -0.2) is 0 Å². The Bertz CT molecular complexity index is 522. The van der Waals surface area contributed by atoms with E-state index in [0.29, 0.717) is 5.52 Å². The van der Waals surface area contributed by atoms with Gasteiger partial charge < -0.3 is 5.32 Å². The zero-order chi connectivity index (χ0) is 12.5. The highest BCUT2D eigenvalue weighted by Crippen LogP contribution is 2.33. The van der Waals surface area contributed by atoms with Gasteiger partial charge in [0.05, 0.1) is 5.52 Å². The van der Waals surface area contributed by atoms with Crippen molar-refractivity contribution in [3.8, 4) is 0 Å². The second-order valence-corrected chi connectivity index (χ2v) is 3.72. The zero-order valence-electron chi connectivity index (χ0n) is 9.12. The molecule has 0 fully saturated rings. The first-order valence-electron chi connectivity index (χ1n) is 5.11. The van der Waals surface area contributed by atoms with Crippen LogP contribution in [-0.2, 0) is 0 Å². The molecule has 0 radical (unpaired) electrons. The first kappa shape index (κ1) is 11.9. The van der Waals surface area contributed by atoms with Crippen LogP contribution in [0.3, 0.4) is 0 Å². The summed E-state index contributed by atoms with van der Waals surface area (Å²) in [4.78, 5) is 4.05. The summed E-state index contributed by atoms with van der Waals surface area (Å²) in [6.07, 6.45) is -2.74. The van der Waals surface area contributed by atoms with Crippen LogP contribution < -0.4 is 5.32 Å². The van der Waals surface area contributed by atoms with Gasteiger partial charge in [0.15, 0.2) is 0 Å². The van der Waals surface area contributed by atoms with Crippen LogP contribution >= 0.6 is 0 Å². The molecular weight excluding hydrogens is 229 g/mol. The maximum absolute atomic E-state index is 12.7. The average Bonchev–Trinajstić information content (AvgIpc) is 2.28. The SMILES string of the molecule is CNC(c1ccc2cccnc2c1)C(F)(F)F. The van der Waals surface area contributed by atoms with Gasteiger partial charge in [-0.1, -0.05) is 18.2 Å². The summed E-state index contributed by atoms with van der Waals surface area (Å²) >= 11 is 0. The number of rotatable bonds is 2. The zero-order valence-corrected chi connectivity index (χ0v) is 9.12. The number of alkyl halides is 3. The highest BCUT2D eigenvalue weighted by molar-refractivity contribution is 5.79. The fraction of sp³-hybridized carbons (Fsp3) is 0.250. The Kier molecular flexibility index (Phi) is 3.02. The lowest BCUT2D eigenvalue weighted by molar-refractivity contribution is -0.156. The lowest BCUT2D eigenvalue weighted by Crippen LogP contribution is -2.31. The lowest BCUT2D eigenvalue weighted by atomic mass is 10.0. The Morgan fingerprint density at radius 2 is 2.00 bits per heavy atom. The van der Waals surface area contributed by atoms with E-state index in [9.17, 15) is 13.2 Å². The number of fused-ring (bicyclic) bond motifs is 1. The van der Waals surface area contributed by atoms with Crippen LogP contribution in [0.2, 0.25) is 0 Å². The molecule has 2 rings (SSSR count). The maximum Gasteiger partial charge on any atom is 0.407 e. The predicted octanol–water partition coefficient (Wildman–Crippen LogP) is 3.06. The Hall–Kier alpha value is -1.62. The first-order valence-corrected chi connectivity index (χ1v) is 5.11. The van der Waals surface area contributed by atoms with Gasteiger partial charge in [0.25, 0.3) is 0 Å². The Morgan fingerprint density at radius 1 is 1.24 bits per heavy atom. The molecule has 1 aromatic heterocycles. The summed E-state index contributed by atoms with van der Waals surface area (Å²) < 4.78 is 38.2. The van der Waals surface area contributed by atoms with Crippen LogP contribution in [0, 0.1) is 0 Å². The van der Waals surface area contributed by atoms with Crippen molar-refractivity contribution in [3.63, 3.8) is 0 Å². The van der Waals surface area contributed by atoms with Crippen molar-refractivity contribution >= 4 is 10.9 Å². The molecule has 0 aliphatic rings. The van der Waals surface area contributed by atoms with Crippen LogP contribution in [0.4, 0.5) is 13.2 Å². The average molecular weight is 240 g/mol. The smallest absolute Gasteiger partial charge is 0.306 e. The highest BCUT2D eigenvalue weighted by atomic mass is 19.4. The molecule has 0 bridgehead atoms. The molecular formula is C12H11F3N2. The molecule has 17 heavy (non-hydrogen) atoms. The van der Waals surface area contributed by atoms with Crippen LogP contribution in [0.1, 0.15) is 11.6 Å². The third-order valence-electron chi connectivity index (χ3n) is 2.58. The Balaban J connectivity index is 2.48. The standard InChI is InChI=1S/C12H11F3N2/c1-16-11(12(13,14)15)9-5-4-8-3-2-6-17-10(8)7-9/h2-7,11,16H,1H3. The van der Waals surface area contributed by atoms with Crippen LogP contribution in [0.25, 0.3) is 10.9 Å². The number of halogens is 3. The molecule has 0 spiro atoms. The molecule has 0 saturated heterocycles. The number of aromatic nitrogens is 1. The molecule has 1 aromatic carbocycles. The van der Waals surface area contributed by atoms with Crippen molar-refractivity contribution < 1.29 is 13.2 Å². The van der Waals surface area contributed by atoms with Crippen LogP contribution in [-0.4, -0.2) is 18.2 Å². The summed E-state index contributed by atoms with van der Waals surface area (Å²) in [5, 5.41) is 3.10. The lowest BCUT2D eigenvalue weighted by Gasteiger charge is -2.20. The summed E-state index contributed by atoms with van der Waals surface area (Å²) in [5.41, 5.74) is 0.737. The number of nitrogens with one attached hydrogen (secondary N) is 1. The van der Waals surface area contributed by atoms with Gasteiger partial charge in [0.2, 0.25) is 0 Å². The number of hydrogen-bond donors (Lipinski definition) is 1. The number of hydrogen-bond acceptors (Lipinski definition) is 2. The second-order valence-electron chi connectivity index (χ2n) is 3.72. The van der Waals surface area contributed by atoms with Crippen molar-refractivity contribution in [1.29, 1.82) is 0 Å². The van der Waals surface area contributed by atoms with Crippen LogP contribution in [0.15, 0.2) is 36.5 Å². The summed E-state index contributed by atoms with van der Waals surface area (Å²) in [7, 11) is 1.29. The van der Waals surface area contributed by atoms with E-state index in [0.717, 1.165) is 5.39 Å². The fourth-order valence-electron chi connectivity index (χ4n) is 1.78. The first-order chi connectivity index (χ1) is 8.02. The molecule has 2 nitrogen and oxygen atoms in total. The minimum Gasteiger partial charge on any atom is -0.306 e. The van der Waals surface area contributed by atoms with Gasteiger partial charge in [-0.05, 0) is 24.7 Å². The van der Waals surface area contributed by atoms with Crippen molar-refractivity contribution in [3.05, 3.63) is 42.1 Å². The van der Waals surface area contributed by atoms with E-state index in [1.54, 1.807) is 18.3 Å². The van der Waals surface area contributed by atoms with Gasteiger partial charge >= 0.3 is 6.18 Å². The van der Waals surface area contributed by atoms with Gasteiger partial charge in [-0.2, -0.15) is 13.2 Å². The molecule has 90 valence electrons. The van der Waals surface area contributed by atoms with Gasteiger partial charge in [-0.15, -0.1) is 0 Å². The molecule has 2 aromatic rings. The number of pyridine rings is 1. The Labute approximate surface area is 96.5 Å². The molecule has 0 aliphatic carbocycles. The Morgan fingerprint density at radius 3 is 2.65 bits per heavy atom. The topological polar surface area (TPSA) is 24.9 Å². The van der Waals surface area contributed by atoms with E-state index in [4.69, 9.17) is 0 Å². The highest BCUT2D eigenvalue weighted by Gasteiger charge is 2.39. The molecule has 0 amide bonds. The molecule has 0 saturated carbocycles. The van der Waals surface area contributed by atoms with Crippen molar-refractivity contribution in [2.75, 3.05) is 7.05 Å². The maximum atomic E-state index is 12.7.